The van der Waals surface area contributed by atoms with Crippen LogP contribution in [0.15, 0.2) is 46.7 Å². The van der Waals surface area contributed by atoms with E-state index in [0.717, 1.165) is 11.8 Å². The van der Waals surface area contributed by atoms with E-state index in [1.165, 1.54) is 23.1 Å². The van der Waals surface area contributed by atoms with E-state index in [-0.39, 0.29) is 11.4 Å². The average Bonchev–Trinajstić information content (AvgIpc) is 2.91. The summed E-state index contributed by atoms with van der Waals surface area (Å²) in [5, 5.41) is 2.01. The van der Waals surface area contributed by atoms with E-state index in [0.29, 0.717) is 5.75 Å². The number of thiophene rings is 1. The molecule has 0 amide bonds. The molecule has 0 unspecified atom stereocenters. The molecule has 0 bridgehead atoms. The molecule has 0 spiro atoms. The van der Waals surface area contributed by atoms with Crippen LogP contribution in [0.25, 0.3) is 0 Å². The van der Waals surface area contributed by atoms with E-state index < -0.39 is 15.8 Å². The first-order valence-corrected chi connectivity index (χ1v) is 9.46. The van der Waals surface area contributed by atoms with Crippen LogP contribution in [0.1, 0.15) is 4.88 Å². The van der Waals surface area contributed by atoms with E-state index in [4.69, 9.17) is 0 Å². The lowest BCUT2D eigenvalue weighted by atomic mass is 10.4. The Hall–Kier alpha value is -0.890. The number of rotatable bonds is 7. The van der Waals surface area contributed by atoms with E-state index in [1.807, 2.05) is 17.5 Å². The van der Waals surface area contributed by atoms with Crippen LogP contribution in [0.2, 0.25) is 0 Å². The quantitative estimate of drug-likeness (QED) is 0.793. The van der Waals surface area contributed by atoms with Crippen molar-refractivity contribution in [3.05, 3.63) is 52.5 Å². The molecule has 2 aromatic rings. The Morgan fingerprint density at radius 1 is 1.20 bits per heavy atom. The molecule has 0 aliphatic rings. The summed E-state index contributed by atoms with van der Waals surface area (Å²) in [5.41, 5.74) is 0. The third-order valence-electron chi connectivity index (χ3n) is 2.49. The molecule has 1 heterocycles. The maximum atomic E-state index is 13.4. The standard InChI is InChI=1S/C13H14FNO2S3/c14-12-5-1-2-6-13(12)20(16,17)15-7-9-18-10-11-4-3-8-19-11/h1-6,8,15H,7,9-10H2. The van der Waals surface area contributed by atoms with Gasteiger partial charge in [0.05, 0.1) is 0 Å². The Balaban J connectivity index is 1.80. The first kappa shape index (κ1) is 15.5. The summed E-state index contributed by atoms with van der Waals surface area (Å²) in [7, 11) is -3.76. The van der Waals surface area contributed by atoms with Gasteiger partial charge in [0.15, 0.2) is 0 Å². The van der Waals surface area contributed by atoms with Crippen molar-refractivity contribution in [1.29, 1.82) is 0 Å². The van der Waals surface area contributed by atoms with E-state index in [1.54, 1.807) is 23.1 Å². The Labute approximate surface area is 126 Å². The van der Waals surface area contributed by atoms with Gasteiger partial charge in [0, 0.05) is 22.9 Å². The molecule has 1 aromatic carbocycles. The summed E-state index contributed by atoms with van der Waals surface area (Å²) in [6.07, 6.45) is 0. The summed E-state index contributed by atoms with van der Waals surface area (Å²) in [5.74, 6) is 0.774. The fraction of sp³-hybridized carbons (Fsp3) is 0.231. The molecular formula is C13H14FNO2S3. The predicted octanol–water partition coefficient (Wildman–Crippen LogP) is 3.10. The maximum Gasteiger partial charge on any atom is 0.243 e. The van der Waals surface area contributed by atoms with Crippen LogP contribution in [0.3, 0.4) is 0 Å². The number of sulfonamides is 1. The van der Waals surface area contributed by atoms with Gasteiger partial charge < -0.3 is 0 Å². The van der Waals surface area contributed by atoms with Crippen molar-refractivity contribution in [3.8, 4) is 0 Å². The Bertz CT molecular complexity index is 641. The van der Waals surface area contributed by atoms with Crippen molar-refractivity contribution in [1.82, 2.24) is 4.72 Å². The second-order valence-electron chi connectivity index (χ2n) is 3.96. The second-order valence-corrected chi connectivity index (χ2v) is 7.83. The third kappa shape index (κ3) is 4.31. The van der Waals surface area contributed by atoms with Gasteiger partial charge in [-0.25, -0.2) is 17.5 Å². The van der Waals surface area contributed by atoms with Gasteiger partial charge in [-0.15, -0.1) is 11.3 Å². The van der Waals surface area contributed by atoms with Crippen LogP contribution in [-0.4, -0.2) is 20.7 Å². The van der Waals surface area contributed by atoms with Crippen LogP contribution in [0.5, 0.6) is 0 Å². The molecule has 1 N–H and O–H groups in total. The summed E-state index contributed by atoms with van der Waals surface area (Å²) in [6, 6.07) is 9.40. The zero-order valence-electron chi connectivity index (χ0n) is 10.6. The summed E-state index contributed by atoms with van der Waals surface area (Å²) >= 11 is 3.32. The molecule has 1 aromatic heterocycles. The molecule has 2 rings (SSSR count). The number of thioether (sulfide) groups is 1. The fourth-order valence-corrected chi connectivity index (χ4v) is 4.49. The van der Waals surface area contributed by atoms with Gasteiger partial charge in [-0.3, -0.25) is 0 Å². The summed E-state index contributed by atoms with van der Waals surface area (Å²) in [6.45, 7) is 0.284. The van der Waals surface area contributed by atoms with Crippen LogP contribution in [0, 0.1) is 5.82 Å². The number of benzene rings is 1. The lowest BCUT2D eigenvalue weighted by Crippen LogP contribution is -2.26. The number of hydrogen-bond donors (Lipinski definition) is 1. The van der Waals surface area contributed by atoms with E-state index in [2.05, 4.69) is 4.72 Å². The highest BCUT2D eigenvalue weighted by molar-refractivity contribution is 7.98. The lowest BCUT2D eigenvalue weighted by molar-refractivity contribution is 0.559. The highest BCUT2D eigenvalue weighted by Crippen LogP contribution is 2.17. The Morgan fingerprint density at radius 2 is 2.00 bits per heavy atom. The minimum Gasteiger partial charge on any atom is -0.210 e. The van der Waals surface area contributed by atoms with Crippen molar-refractivity contribution in [2.45, 2.75) is 10.6 Å². The van der Waals surface area contributed by atoms with Gasteiger partial charge in [0.2, 0.25) is 10.0 Å². The molecule has 0 radical (unpaired) electrons. The number of hydrogen-bond acceptors (Lipinski definition) is 4. The van der Waals surface area contributed by atoms with Crippen molar-refractivity contribution < 1.29 is 12.8 Å². The van der Waals surface area contributed by atoms with Gasteiger partial charge in [-0.2, -0.15) is 11.8 Å². The van der Waals surface area contributed by atoms with Crippen molar-refractivity contribution in [2.24, 2.45) is 0 Å². The largest absolute Gasteiger partial charge is 0.243 e. The van der Waals surface area contributed by atoms with E-state index in [9.17, 15) is 12.8 Å². The first-order valence-electron chi connectivity index (χ1n) is 5.94. The molecule has 0 aliphatic heterocycles. The predicted molar refractivity (Wildman–Crippen MR) is 82.1 cm³/mol. The third-order valence-corrected chi connectivity index (χ3v) is 6.05. The maximum absolute atomic E-state index is 13.4. The fourth-order valence-electron chi connectivity index (χ4n) is 1.56. The first-order chi connectivity index (χ1) is 9.59. The molecular weight excluding hydrogens is 317 g/mol. The zero-order chi connectivity index (χ0) is 14.4. The van der Waals surface area contributed by atoms with Crippen molar-refractivity contribution in [2.75, 3.05) is 12.3 Å². The normalized spacial score (nSPS) is 11.7. The highest BCUT2D eigenvalue weighted by atomic mass is 32.2. The summed E-state index contributed by atoms with van der Waals surface area (Å²) < 4.78 is 39.6. The summed E-state index contributed by atoms with van der Waals surface area (Å²) in [4.78, 5) is 0.954. The molecule has 0 atom stereocenters. The Kier molecular flexibility index (Phi) is 5.59. The number of halogens is 1. The molecule has 0 aliphatic carbocycles. The SMILES string of the molecule is O=S(=O)(NCCSCc1cccs1)c1ccccc1F. The zero-order valence-corrected chi connectivity index (χ0v) is 13.0. The smallest absolute Gasteiger partial charge is 0.210 e. The monoisotopic (exact) mass is 331 g/mol. The van der Waals surface area contributed by atoms with Gasteiger partial charge in [0.1, 0.15) is 10.7 Å². The molecule has 108 valence electrons. The minimum absolute atomic E-state index is 0.284. The van der Waals surface area contributed by atoms with Crippen LogP contribution < -0.4 is 4.72 Å². The molecule has 0 fully saturated rings. The Morgan fingerprint density at radius 3 is 2.70 bits per heavy atom. The van der Waals surface area contributed by atoms with E-state index >= 15 is 0 Å². The van der Waals surface area contributed by atoms with Gasteiger partial charge >= 0.3 is 0 Å². The van der Waals surface area contributed by atoms with Gasteiger partial charge in [0.25, 0.3) is 0 Å². The van der Waals surface area contributed by atoms with Crippen molar-refractivity contribution in [3.63, 3.8) is 0 Å². The minimum atomic E-state index is -3.76. The topological polar surface area (TPSA) is 46.2 Å². The molecule has 3 nitrogen and oxygen atoms in total. The molecule has 7 heteroatoms. The lowest BCUT2D eigenvalue weighted by Gasteiger charge is -2.07. The molecule has 20 heavy (non-hydrogen) atoms. The molecule has 0 saturated carbocycles. The second kappa shape index (κ2) is 7.21. The van der Waals surface area contributed by atoms with Crippen LogP contribution >= 0.6 is 23.1 Å². The molecule has 0 saturated heterocycles. The highest BCUT2D eigenvalue weighted by Gasteiger charge is 2.17. The van der Waals surface area contributed by atoms with Crippen LogP contribution in [0.4, 0.5) is 4.39 Å². The van der Waals surface area contributed by atoms with Gasteiger partial charge in [-0.1, -0.05) is 18.2 Å². The van der Waals surface area contributed by atoms with Gasteiger partial charge in [-0.05, 0) is 23.6 Å². The van der Waals surface area contributed by atoms with Crippen LogP contribution in [-0.2, 0) is 15.8 Å². The number of nitrogens with one attached hydrogen (secondary N) is 1. The average molecular weight is 331 g/mol. The van der Waals surface area contributed by atoms with Crippen molar-refractivity contribution >= 4 is 33.1 Å².